The normalized spacial score (nSPS) is 24.1. The van der Waals surface area contributed by atoms with Crippen molar-refractivity contribution < 1.29 is 9.53 Å². The summed E-state index contributed by atoms with van der Waals surface area (Å²) in [5, 5.41) is 4.51. The van der Waals surface area contributed by atoms with Crippen LogP contribution in [0.4, 0.5) is 0 Å². The van der Waals surface area contributed by atoms with Crippen molar-refractivity contribution >= 4 is 5.91 Å². The van der Waals surface area contributed by atoms with Crippen LogP contribution in [0.1, 0.15) is 30.5 Å². The first-order chi connectivity index (χ1) is 9.24. The maximum absolute atomic E-state index is 11.4. The maximum atomic E-state index is 11.4. The van der Waals surface area contributed by atoms with Crippen molar-refractivity contribution in [3.63, 3.8) is 0 Å². The molecule has 3 rings (SSSR count). The quantitative estimate of drug-likeness (QED) is 0.880. The molecule has 1 atom stereocenters. The highest BCUT2D eigenvalue weighted by Crippen LogP contribution is 2.27. The number of aryl methyl sites for hydroxylation is 1. The van der Waals surface area contributed by atoms with Crippen molar-refractivity contribution in [3.05, 3.63) is 17.5 Å². The summed E-state index contributed by atoms with van der Waals surface area (Å²) in [7, 11) is 0. The van der Waals surface area contributed by atoms with Gasteiger partial charge >= 0.3 is 0 Å². The second-order valence-electron chi connectivity index (χ2n) is 5.70. The molecule has 104 valence electrons. The van der Waals surface area contributed by atoms with Crippen LogP contribution in [-0.4, -0.2) is 28.9 Å². The van der Waals surface area contributed by atoms with Gasteiger partial charge in [-0.25, -0.2) is 0 Å². The standard InChI is InChI=1S/C14H21N3O2/c15-14(18)11-1-2-12-8-16-17(13(12)7-11)9-10-3-5-19-6-4-10/h8,10-11H,1-7,9H2,(H2,15,18). The van der Waals surface area contributed by atoms with Gasteiger partial charge in [-0.1, -0.05) is 0 Å². The number of nitrogens with two attached hydrogens (primary N) is 1. The van der Waals surface area contributed by atoms with E-state index in [1.165, 1.54) is 11.3 Å². The van der Waals surface area contributed by atoms with Crippen LogP contribution in [-0.2, 0) is 28.9 Å². The van der Waals surface area contributed by atoms with Crippen molar-refractivity contribution in [2.24, 2.45) is 17.6 Å². The molecule has 1 unspecified atom stereocenters. The Morgan fingerprint density at radius 2 is 2.21 bits per heavy atom. The molecule has 0 bridgehead atoms. The largest absolute Gasteiger partial charge is 0.381 e. The second kappa shape index (κ2) is 5.33. The smallest absolute Gasteiger partial charge is 0.220 e. The van der Waals surface area contributed by atoms with E-state index in [2.05, 4.69) is 9.78 Å². The lowest BCUT2D eigenvalue weighted by atomic mass is 9.87. The minimum atomic E-state index is -0.176. The highest BCUT2D eigenvalue weighted by molar-refractivity contribution is 5.77. The predicted molar refractivity (Wildman–Crippen MR) is 70.5 cm³/mol. The lowest BCUT2D eigenvalue weighted by Crippen LogP contribution is -2.30. The molecule has 1 aliphatic heterocycles. The summed E-state index contributed by atoms with van der Waals surface area (Å²) in [6.07, 6.45) is 6.73. The molecule has 1 amide bonds. The summed E-state index contributed by atoms with van der Waals surface area (Å²) in [6.45, 7) is 2.67. The van der Waals surface area contributed by atoms with Gasteiger partial charge in [-0.3, -0.25) is 9.48 Å². The Bertz CT molecular complexity index is 463. The van der Waals surface area contributed by atoms with Gasteiger partial charge in [0, 0.05) is 37.8 Å². The Morgan fingerprint density at radius 1 is 1.42 bits per heavy atom. The molecule has 0 radical (unpaired) electrons. The molecule has 2 heterocycles. The predicted octanol–water partition coefficient (Wildman–Crippen LogP) is 0.900. The molecule has 1 aliphatic carbocycles. The van der Waals surface area contributed by atoms with Gasteiger partial charge in [0.1, 0.15) is 0 Å². The number of amides is 1. The van der Waals surface area contributed by atoms with E-state index in [1.54, 1.807) is 0 Å². The van der Waals surface area contributed by atoms with Crippen molar-refractivity contribution in [1.29, 1.82) is 0 Å². The third kappa shape index (κ3) is 2.66. The fourth-order valence-corrected chi connectivity index (χ4v) is 3.13. The van der Waals surface area contributed by atoms with E-state index in [-0.39, 0.29) is 11.8 Å². The first-order valence-corrected chi connectivity index (χ1v) is 7.14. The molecule has 1 aromatic heterocycles. The number of carbonyl (C=O) groups is 1. The zero-order valence-electron chi connectivity index (χ0n) is 11.2. The highest BCUT2D eigenvalue weighted by atomic mass is 16.5. The number of hydrogen-bond donors (Lipinski definition) is 1. The number of carbonyl (C=O) groups excluding carboxylic acids is 1. The van der Waals surface area contributed by atoms with E-state index in [4.69, 9.17) is 10.5 Å². The summed E-state index contributed by atoms with van der Waals surface area (Å²) in [6, 6.07) is 0. The number of primary amides is 1. The molecular weight excluding hydrogens is 242 g/mol. The van der Waals surface area contributed by atoms with Crippen LogP contribution in [0.25, 0.3) is 0 Å². The monoisotopic (exact) mass is 263 g/mol. The molecule has 2 N–H and O–H groups in total. The van der Waals surface area contributed by atoms with Gasteiger partial charge in [-0.2, -0.15) is 5.10 Å². The number of nitrogens with zero attached hydrogens (tertiary/aromatic N) is 2. The van der Waals surface area contributed by atoms with Gasteiger partial charge in [0.15, 0.2) is 0 Å². The lowest BCUT2D eigenvalue weighted by molar-refractivity contribution is -0.122. The molecule has 0 saturated carbocycles. The number of fused-ring (bicyclic) bond motifs is 1. The van der Waals surface area contributed by atoms with Gasteiger partial charge < -0.3 is 10.5 Å². The number of aromatic nitrogens is 2. The molecule has 1 saturated heterocycles. The van der Waals surface area contributed by atoms with E-state index in [1.807, 2.05) is 6.20 Å². The summed E-state index contributed by atoms with van der Waals surface area (Å²) < 4.78 is 7.49. The van der Waals surface area contributed by atoms with Gasteiger partial charge in [0.05, 0.1) is 6.20 Å². The minimum absolute atomic E-state index is 0.0161. The summed E-state index contributed by atoms with van der Waals surface area (Å²) in [4.78, 5) is 11.4. The van der Waals surface area contributed by atoms with Gasteiger partial charge in [0.25, 0.3) is 0 Å². The Morgan fingerprint density at radius 3 is 2.95 bits per heavy atom. The lowest BCUT2D eigenvalue weighted by Gasteiger charge is -2.25. The SMILES string of the molecule is NC(=O)C1CCc2cnn(CC3CCOCC3)c2C1. The second-order valence-corrected chi connectivity index (χ2v) is 5.70. The van der Waals surface area contributed by atoms with Crippen LogP contribution in [0.2, 0.25) is 0 Å². The van der Waals surface area contributed by atoms with Crippen LogP contribution >= 0.6 is 0 Å². The van der Waals surface area contributed by atoms with Gasteiger partial charge in [-0.05, 0) is 37.2 Å². The van der Waals surface area contributed by atoms with Crippen molar-refractivity contribution in [3.8, 4) is 0 Å². The summed E-state index contributed by atoms with van der Waals surface area (Å²) >= 11 is 0. The first kappa shape index (κ1) is 12.7. The maximum Gasteiger partial charge on any atom is 0.220 e. The van der Waals surface area contributed by atoms with E-state index in [0.29, 0.717) is 5.92 Å². The molecular formula is C14H21N3O2. The van der Waals surface area contributed by atoms with Crippen LogP contribution in [0.5, 0.6) is 0 Å². The molecule has 0 aromatic carbocycles. The zero-order chi connectivity index (χ0) is 13.2. The number of ether oxygens (including phenoxy) is 1. The molecule has 1 fully saturated rings. The minimum Gasteiger partial charge on any atom is -0.381 e. The molecule has 5 heteroatoms. The van der Waals surface area contributed by atoms with E-state index in [9.17, 15) is 4.79 Å². The Labute approximate surface area is 113 Å². The zero-order valence-corrected chi connectivity index (χ0v) is 11.2. The summed E-state index contributed by atoms with van der Waals surface area (Å²) in [5.74, 6) is 0.453. The molecule has 0 spiro atoms. The molecule has 5 nitrogen and oxygen atoms in total. The Balaban J connectivity index is 1.73. The van der Waals surface area contributed by atoms with E-state index < -0.39 is 0 Å². The van der Waals surface area contributed by atoms with Crippen molar-refractivity contribution in [2.45, 2.75) is 38.6 Å². The first-order valence-electron chi connectivity index (χ1n) is 7.14. The van der Waals surface area contributed by atoms with Crippen molar-refractivity contribution in [2.75, 3.05) is 13.2 Å². The van der Waals surface area contributed by atoms with Gasteiger partial charge in [0.2, 0.25) is 5.91 Å². The average Bonchev–Trinajstić information content (AvgIpc) is 2.82. The molecule has 2 aliphatic rings. The third-order valence-electron chi connectivity index (χ3n) is 4.41. The van der Waals surface area contributed by atoms with Crippen LogP contribution in [0.3, 0.4) is 0 Å². The number of rotatable bonds is 3. The Kier molecular flexibility index (Phi) is 3.55. The number of hydrogen-bond acceptors (Lipinski definition) is 3. The molecule has 1 aromatic rings. The Hall–Kier alpha value is -1.36. The van der Waals surface area contributed by atoms with Crippen LogP contribution in [0.15, 0.2) is 6.20 Å². The summed E-state index contributed by atoms with van der Waals surface area (Å²) in [5.41, 5.74) is 7.96. The topological polar surface area (TPSA) is 70.1 Å². The fraction of sp³-hybridized carbons (Fsp3) is 0.714. The van der Waals surface area contributed by atoms with E-state index >= 15 is 0 Å². The van der Waals surface area contributed by atoms with Crippen LogP contribution < -0.4 is 5.73 Å². The van der Waals surface area contributed by atoms with Crippen molar-refractivity contribution in [1.82, 2.24) is 9.78 Å². The average molecular weight is 263 g/mol. The molecule has 19 heavy (non-hydrogen) atoms. The van der Waals surface area contributed by atoms with Crippen LogP contribution in [0, 0.1) is 11.8 Å². The highest BCUT2D eigenvalue weighted by Gasteiger charge is 2.27. The van der Waals surface area contributed by atoms with E-state index in [0.717, 1.165) is 51.9 Å². The fourth-order valence-electron chi connectivity index (χ4n) is 3.13. The van der Waals surface area contributed by atoms with Gasteiger partial charge in [-0.15, -0.1) is 0 Å². The third-order valence-corrected chi connectivity index (χ3v) is 4.41.